The number of anilines is 2. The molecule has 1 aromatic carbocycles. The molecule has 136 valence electrons. The Labute approximate surface area is 155 Å². The summed E-state index contributed by atoms with van der Waals surface area (Å²) in [6, 6.07) is 7.60. The van der Waals surface area contributed by atoms with Crippen LogP contribution >= 0.6 is 11.3 Å². The average Bonchev–Trinajstić information content (AvgIpc) is 3.10. The van der Waals surface area contributed by atoms with Crippen molar-refractivity contribution in [3.8, 4) is 17.5 Å². The lowest BCUT2D eigenvalue weighted by Crippen LogP contribution is -2.33. The Morgan fingerprint density at radius 2 is 2.27 bits per heavy atom. The van der Waals surface area contributed by atoms with Gasteiger partial charge in [0.1, 0.15) is 0 Å². The summed E-state index contributed by atoms with van der Waals surface area (Å²) in [7, 11) is 3.35. The maximum atomic E-state index is 8.62. The normalized spacial score (nSPS) is 11.9. The molecule has 2 rings (SSSR count). The highest BCUT2D eigenvalue weighted by atomic mass is 32.1. The minimum Gasteiger partial charge on any atom is -0.383 e. The van der Waals surface area contributed by atoms with Crippen molar-refractivity contribution < 1.29 is 4.74 Å². The third kappa shape index (κ3) is 5.17. The van der Waals surface area contributed by atoms with Gasteiger partial charge in [-0.2, -0.15) is 5.26 Å². The van der Waals surface area contributed by atoms with E-state index < -0.39 is 0 Å². The van der Waals surface area contributed by atoms with Crippen molar-refractivity contribution in [3.05, 3.63) is 29.6 Å². The van der Waals surface area contributed by atoms with Gasteiger partial charge in [-0.15, -0.1) is 16.3 Å². The zero-order chi connectivity index (χ0) is 18.9. The highest BCUT2D eigenvalue weighted by Crippen LogP contribution is 2.27. The Bertz CT molecular complexity index is 839. The number of aliphatic imine (C=N–C) groups is 2. The van der Waals surface area contributed by atoms with E-state index in [-0.39, 0.29) is 11.9 Å². The van der Waals surface area contributed by atoms with Gasteiger partial charge in [0.15, 0.2) is 11.1 Å². The number of aromatic nitrogens is 1. The van der Waals surface area contributed by atoms with Crippen molar-refractivity contribution in [3.63, 3.8) is 0 Å². The molecular formula is C16H20N8OS. The highest BCUT2D eigenvalue weighted by molar-refractivity contribution is 7.14. The number of ether oxygens (including phenoxy) is 1. The van der Waals surface area contributed by atoms with E-state index in [1.165, 1.54) is 11.3 Å². The second kappa shape index (κ2) is 9.36. The van der Waals surface area contributed by atoms with Gasteiger partial charge in [-0.25, -0.2) is 4.98 Å². The molecule has 0 saturated carbocycles. The first-order valence-corrected chi connectivity index (χ1v) is 8.51. The van der Waals surface area contributed by atoms with Crippen LogP contribution in [0.2, 0.25) is 0 Å². The predicted octanol–water partition coefficient (Wildman–Crippen LogP) is 1.42. The summed E-state index contributed by atoms with van der Waals surface area (Å²) in [6.07, 6.45) is 1.68. The largest absolute Gasteiger partial charge is 0.383 e. The molecule has 1 heterocycles. The molecule has 2 aromatic rings. The Balaban J connectivity index is 2.14. The first-order valence-electron chi connectivity index (χ1n) is 7.63. The quantitative estimate of drug-likeness (QED) is 0.302. The fourth-order valence-corrected chi connectivity index (χ4v) is 2.73. The molecule has 0 saturated heterocycles. The maximum Gasteiger partial charge on any atom is 0.211 e. The van der Waals surface area contributed by atoms with Crippen LogP contribution in [0.15, 0.2) is 39.6 Å². The molecule has 0 aliphatic heterocycles. The molecule has 0 radical (unpaired) electrons. The third-order valence-corrected chi connectivity index (χ3v) is 4.11. The van der Waals surface area contributed by atoms with E-state index in [4.69, 9.17) is 21.5 Å². The molecule has 1 aromatic heterocycles. The van der Waals surface area contributed by atoms with Gasteiger partial charge < -0.3 is 26.4 Å². The zero-order valence-corrected chi connectivity index (χ0v) is 15.3. The van der Waals surface area contributed by atoms with Crippen LogP contribution in [0.3, 0.4) is 0 Å². The lowest BCUT2D eigenvalue weighted by molar-refractivity contribution is 0.208. The smallest absolute Gasteiger partial charge is 0.211 e. The summed E-state index contributed by atoms with van der Waals surface area (Å²) in [4.78, 5) is 13.8. The van der Waals surface area contributed by atoms with E-state index in [1.807, 2.05) is 29.6 Å². The van der Waals surface area contributed by atoms with Gasteiger partial charge in [-0.3, -0.25) is 4.99 Å². The fourth-order valence-electron chi connectivity index (χ4n) is 2.00. The number of guanidine groups is 2. The molecular weight excluding hydrogens is 352 g/mol. The first kappa shape index (κ1) is 19.2. The number of nitrogens with zero attached hydrogens (tertiary/aromatic N) is 5. The van der Waals surface area contributed by atoms with Crippen LogP contribution in [0.5, 0.6) is 0 Å². The van der Waals surface area contributed by atoms with Crippen LogP contribution in [0.1, 0.15) is 0 Å². The van der Waals surface area contributed by atoms with Crippen molar-refractivity contribution in [1.29, 1.82) is 5.26 Å². The molecule has 5 N–H and O–H groups in total. The van der Waals surface area contributed by atoms with E-state index in [0.717, 1.165) is 16.9 Å². The van der Waals surface area contributed by atoms with E-state index in [2.05, 4.69) is 20.3 Å². The minimum atomic E-state index is 0.116. The molecule has 0 amide bonds. The third-order valence-electron chi connectivity index (χ3n) is 3.35. The fraction of sp³-hybridized carbons (Fsp3) is 0.250. The summed E-state index contributed by atoms with van der Waals surface area (Å²) in [5.41, 5.74) is 14.0. The number of benzene rings is 1. The van der Waals surface area contributed by atoms with Crippen LogP contribution in [0, 0.1) is 11.5 Å². The SMILES string of the molecule is COCCN=C(N)Nc1nc(-c2cccc(N(C)C(N)=NC#N)c2)cs1. The molecule has 26 heavy (non-hydrogen) atoms. The van der Waals surface area contributed by atoms with Gasteiger partial charge in [0, 0.05) is 30.8 Å². The molecule has 0 spiro atoms. The summed E-state index contributed by atoms with van der Waals surface area (Å²) in [5, 5.41) is 14.1. The standard InChI is InChI=1S/C16H20N8OS/c1-24(15(19)21-10-17)12-5-3-4-11(8-12)13-9-26-16(22-13)23-14(18)20-6-7-25-2/h3-5,8-9H,6-7H2,1-2H3,(H2,19,21)(H3,18,20,22,23). The molecule has 10 heteroatoms. The minimum absolute atomic E-state index is 0.116. The Morgan fingerprint density at radius 3 is 3.00 bits per heavy atom. The van der Waals surface area contributed by atoms with Crippen molar-refractivity contribution in [2.24, 2.45) is 21.5 Å². The molecule has 0 bridgehead atoms. The monoisotopic (exact) mass is 372 g/mol. The van der Waals surface area contributed by atoms with Crippen molar-refractivity contribution in [2.75, 3.05) is 37.5 Å². The number of thiazole rings is 1. The average molecular weight is 372 g/mol. The van der Waals surface area contributed by atoms with E-state index >= 15 is 0 Å². The lowest BCUT2D eigenvalue weighted by Gasteiger charge is -2.17. The van der Waals surface area contributed by atoms with Crippen molar-refractivity contribution >= 4 is 34.1 Å². The van der Waals surface area contributed by atoms with Gasteiger partial charge in [0.25, 0.3) is 0 Å². The Kier molecular flexibility index (Phi) is 6.90. The Morgan fingerprint density at radius 1 is 1.46 bits per heavy atom. The summed E-state index contributed by atoms with van der Waals surface area (Å²) in [6.45, 7) is 0.984. The summed E-state index contributed by atoms with van der Waals surface area (Å²) in [5.74, 6) is 0.405. The summed E-state index contributed by atoms with van der Waals surface area (Å²) >= 11 is 1.42. The van der Waals surface area contributed by atoms with Crippen LogP contribution in [0.25, 0.3) is 11.3 Å². The summed E-state index contributed by atoms with van der Waals surface area (Å²) < 4.78 is 4.92. The van der Waals surface area contributed by atoms with Crippen molar-refractivity contribution in [1.82, 2.24) is 4.98 Å². The maximum absolute atomic E-state index is 8.62. The number of hydrogen-bond acceptors (Lipinski definition) is 6. The van der Waals surface area contributed by atoms with E-state index in [9.17, 15) is 0 Å². The first-order chi connectivity index (χ1) is 12.5. The van der Waals surface area contributed by atoms with E-state index in [1.54, 1.807) is 25.3 Å². The van der Waals surface area contributed by atoms with Gasteiger partial charge in [0.05, 0.1) is 18.8 Å². The lowest BCUT2D eigenvalue weighted by atomic mass is 10.1. The second-order valence-electron chi connectivity index (χ2n) is 5.10. The number of hydrogen-bond donors (Lipinski definition) is 3. The van der Waals surface area contributed by atoms with Gasteiger partial charge in [-0.05, 0) is 12.1 Å². The number of nitriles is 1. The topological polar surface area (TPSA) is 138 Å². The molecule has 0 fully saturated rings. The van der Waals surface area contributed by atoms with Crippen LogP contribution in [-0.4, -0.2) is 44.2 Å². The van der Waals surface area contributed by atoms with Gasteiger partial charge in [0.2, 0.25) is 12.2 Å². The molecule has 9 nitrogen and oxygen atoms in total. The second-order valence-corrected chi connectivity index (χ2v) is 5.96. The number of nitrogens with one attached hydrogen (secondary N) is 1. The van der Waals surface area contributed by atoms with Crippen molar-refractivity contribution in [2.45, 2.75) is 0 Å². The van der Waals surface area contributed by atoms with Crippen LogP contribution in [-0.2, 0) is 4.74 Å². The number of methoxy groups -OCH3 is 1. The van der Waals surface area contributed by atoms with Gasteiger partial charge >= 0.3 is 0 Å². The molecule has 0 aliphatic carbocycles. The van der Waals surface area contributed by atoms with Crippen LogP contribution < -0.4 is 21.7 Å². The van der Waals surface area contributed by atoms with Crippen LogP contribution in [0.4, 0.5) is 10.8 Å². The predicted molar refractivity (Wildman–Crippen MR) is 105 cm³/mol. The Hall–Kier alpha value is -3.16. The molecule has 0 unspecified atom stereocenters. The van der Waals surface area contributed by atoms with Gasteiger partial charge in [-0.1, -0.05) is 12.1 Å². The molecule has 0 aliphatic rings. The number of nitrogens with two attached hydrogens (primary N) is 2. The van der Waals surface area contributed by atoms with E-state index in [0.29, 0.717) is 18.3 Å². The number of rotatable bonds is 6. The molecule has 0 atom stereocenters. The zero-order valence-electron chi connectivity index (χ0n) is 14.5. The highest BCUT2D eigenvalue weighted by Gasteiger charge is 2.09.